The van der Waals surface area contributed by atoms with Gasteiger partial charge < -0.3 is 99.8 Å². The molecule has 20 heterocycles. The molecule has 148 heavy (non-hydrogen) atoms. The number of anilines is 4. The number of halogens is 8. The number of alkyl halides is 8. The molecule has 4 aliphatic rings. The molecular weight excluding hydrogens is 1950 g/mol. The van der Waals surface area contributed by atoms with Crippen LogP contribution in [0.3, 0.4) is 0 Å². The Morgan fingerprint density at radius 2 is 0.703 bits per heavy atom. The number of oxazole rings is 4. The summed E-state index contributed by atoms with van der Waals surface area (Å²) in [6.07, 6.45) is 22.2. The van der Waals surface area contributed by atoms with Gasteiger partial charge in [0.15, 0.2) is 68.8 Å². The van der Waals surface area contributed by atoms with E-state index in [-0.39, 0.29) is 150 Å². The van der Waals surface area contributed by atoms with Gasteiger partial charge >= 0.3 is 18.2 Å². The van der Waals surface area contributed by atoms with Crippen LogP contribution < -0.4 is 49.9 Å². The van der Waals surface area contributed by atoms with Crippen LogP contribution in [0.5, 0.6) is 0 Å². The van der Waals surface area contributed by atoms with E-state index in [1.165, 1.54) is 54.7 Å². The van der Waals surface area contributed by atoms with Gasteiger partial charge in [-0.1, -0.05) is 0 Å². The van der Waals surface area contributed by atoms with Gasteiger partial charge in [-0.2, -0.15) is 0 Å². The molecule has 15 N–H and O–H groups in total. The number of likely N-dealkylation sites (tertiary alicyclic amines) is 3. The van der Waals surface area contributed by atoms with Crippen LogP contribution in [0.25, 0.3) is 114 Å². The van der Waals surface area contributed by atoms with E-state index >= 15 is 0 Å². The number of carbonyl (C=O) groups excluding carboxylic acids is 5. The average molecular weight is 2050 g/mol. The molecule has 4 atom stereocenters. The van der Waals surface area contributed by atoms with Gasteiger partial charge in [0.05, 0.1) is 63.1 Å². The normalized spacial score (nSPS) is 17.1. The number of aryl methyl sites for hydroxylation is 4. The van der Waals surface area contributed by atoms with Crippen molar-refractivity contribution >= 4 is 81.7 Å². The molecule has 53 heteroatoms. The average Bonchev–Trinajstić information content (AvgIpc) is 1.25. The Bertz CT molecular complexity index is 7620. The lowest BCUT2D eigenvalue weighted by molar-refractivity contribution is -0.00240. The van der Waals surface area contributed by atoms with Crippen LogP contribution in [-0.4, -0.2) is 271 Å². The van der Waals surface area contributed by atoms with Crippen molar-refractivity contribution in [1.82, 2.24) is 133 Å². The third kappa shape index (κ3) is 23.6. The fraction of sp³-hybridized carbons (Fsp3) is 0.347. The Morgan fingerprint density at radius 3 is 0.993 bits per heavy atom. The molecule has 20 rings (SSSR count). The third-order valence-electron chi connectivity index (χ3n) is 23.6. The summed E-state index contributed by atoms with van der Waals surface area (Å²) in [7, 11) is 1.60. The summed E-state index contributed by atoms with van der Waals surface area (Å²) < 4.78 is 148. The number of aromatic carboxylic acids is 1. The third-order valence-corrected chi connectivity index (χ3v) is 23.6. The van der Waals surface area contributed by atoms with Gasteiger partial charge in [-0.25, -0.2) is 129 Å². The zero-order chi connectivity index (χ0) is 106. The van der Waals surface area contributed by atoms with Crippen molar-refractivity contribution in [3.05, 3.63) is 193 Å². The summed E-state index contributed by atoms with van der Waals surface area (Å²) in [6.45, 7) is 15.2. The second-order valence-electron chi connectivity index (χ2n) is 37.2. The molecule has 0 aliphatic carbocycles. The highest BCUT2D eigenvalue weighted by molar-refractivity contribution is 6.00. The molecule has 0 aromatic carbocycles. The Hall–Kier alpha value is -17.1. The van der Waals surface area contributed by atoms with Crippen LogP contribution in [0.15, 0.2) is 166 Å². The molecule has 16 aromatic heterocycles. The summed E-state index contributed by atoms with van der Waals surface area (Å²) in [5.41, 5.74) is 38.3. The van der Waals surface area contributed by atoms with Crippen LogP contribution in [0.1, 0.15) is 132 Å². The number of fused-ring (bicyclic) bond motifs is 4. The number of amides is 5. The highest BCUT2D eigenvalue weighted by atomic mass is 19.3. The predicted octanol–water partition coefficient (Wildman–Crippen LogP) is 11.8. The first-order chi connectivity index (χ1) is 70.0. The van der Waals surface area contributed by atoms with Crippen molar-refractivity contribution in [2.24, 2.45) is 5.73 Å². The number of nitrogens with two attached hydrogens (primary N) is 5. The number of pyridine rings is 4. The second-order valence-corrected chi connectivity index (χ2v) is 37.2. The number of likely N-dealkylation sites (N-methyl/N-ethyl adjacent to an activating group) is 1. The predicted molar refractivity (Wildman–Crippen MR) is 516 cm³/mol. The molecule has 45 nitrogen and oxygen atoms in total. The molecule has 4 fully saturated rings. The van der Waals surface area contributed by atoms with E-state index < -0.39 is 121 Å². The maximum Gasteiger partial charge on any atom is 0.410 e. The number of ether oxygens (including phenoxy) is 2. The van der Waals surface area contributed by atoms with Gasteiger partial charge in [-0.15, -0.1) is 0 Å². The second kappa shape index (κ2) is 41.5. The van der Waals surface area contributed by atoms with Crippen molar-refractivity contribution in [1.29, 1.82) is 0 Å². The van der Waals surface area contributed by atoms with E-state index in [0.717, 1.165) is 49.5 Å². The van der Waals surface area contributed by atoms with E-state index in [9.17, 15) is 69.0 Å². The maximum absolute atomic E-state index is 14.3. The van der Waals surface area contributed by atoms with Gasteiger partial charge in [0, 0.05) is 159 Å². The first kappa shape index (κ1) is 104. The Morgan fingerprint density at radius 1 is 0.405 bits per heavy atom. The quantitative estimate of drug-likeness (QED) is 0.0336. The van der Waals surface area contributed by atoms with Gasteiger partial charge in [-0.3, -0.25) is 29.1 Å². The molecule has 0 unspecified atom stereocenters. The van der Waals surface area contributed by atoms with Crippen LogP contribution in [0, 0.1) is 27.7 Å². The van der Waals surface area contributed by atoms with E-state index in [2.05, 4.69) is 101 Å². The summed E-state index contributed by atoms with van der Waals surface area (Å²) in [4.78, 5) is 147. The van der Waals surface area contributed by atoms with Gasteiger partial charge in [0.2, 0.25) is 23.6 Å². The number of carboxylic acids is 1. The first-order valence-corrected chi connectivity index (χ1v) is 45.8. The molecule has 0 radical (unpaired) electrons. The standard InChI is InChI=1S/C26H28F2N8O4.C22H22F2N8O2.C21H20F2N8O2.C16H12N6O3.C10H18F2N2O2/c1-14-10-31-17-6-5-15(12-35(14)17)18-19(23-30-7-8-39-23)34-21(29)20(33-18)22(37)32-11-16-9-26(27,28)13-36(16)24(38)40-25(2,3)4;1-12-8-27-15-4-3-13(10-32(12)15)16-17(21-26-5-6-34-21)30-19(25)18(29-16)20(33)28-9-14-7-22(23,24)11-31(14)2;1-11-7-26-14-3-2-12(9-31(11)14)15-16(20-25-4-5-33-20)30-18(24)17(29-15)19(32)27-8-13-6-21(22,23)10-28-13;1-8-6-19-10-3-2-9(7-22(8)10)11-12(15-18-4-5-25-15)21-14(17)13(20-11)16(23)24;1-9(2,3)16-8(15)14-6-10(11,12)4-7(14)5-13/h5-8,10,12,16H,9,11,13H2,1-4H3,(H2,29,34)(H,32,37);3-6,8,10,14H,7,9,11H2,1-2H3,(H2,25,30)(H,28,33);2-5,7,9,13,28H,6,8,10H2,1H3,(H2,24,30)(H,27,32);2-7H,1H3,(H2,17,21)(H,23,24);7H,4-6,13H2,1-3H3/t16-;14-;13-;;7-/m111.1/s1. The fourth-order valence-electron chi connectivity index (χ4n) is 16.6. The minimum atomic E-state index is -3.12. The molecule has 5 amide bonds. The first-order valence-electron chi connectivity index (χ1n) is 45.8. The van der Waals surface area contributed by atoms with E-state index in [0.29, 0.717) is 45.0 Å². The Balaban J connectivity index is 0.000000135. The molecule has 0 bridgehead atoms. The zero-order valence-corrected chi connectivity index (χ0v) is 81.2. The van der Waals surface area contributed by atoms with Gasteiger partial charge in [0.1, 0.15) is 81.6 Å². The summed E-state index contributed by atoms with van der Waals surface area (Å²) in [5, 5.41) is 19.9. The lowest BCUT2D eigenvalue weighted by Crippen LogP contribution is -2.45. The Kier molecular flexibility index (Phi) is 29.1. The number of nitrogens with one attached hydrogen (secondary N) is 4. The topological polar surface area (TPSA) is 605 Å². The number of aromatic nitrogens is 20. The van der Waals surface area contributed by atoms with Crippen LogP contribution in [-0.2, 0) is 9.47 Å². The van der Waals surface area contributed by atoms with Crippen LogP contribution in [0.2, 0.25) is 0 Å². The maximum atomic E-state index is 14.3. The van der Waals surface area contributed by atoms with Crippen LogP contribution in [0.4, 0.5) is 68.0 Å². The largest absolute Gasteiger partial charge is 0.476 e. The number of carboxylic acid groups (broad SMARTS) is 1. The van der Waals surface area contributed by atoms with Crippen molar-refractivity contribution < 1.29 is 96.1 Å². The molecule has 4 saturated heterocycles. The molecule has 4 aliphatic heterocycles. The molecular formula is C95H100F8N32O13. The number of imidazole rings is 4. The van der Waals surface area contributed by atoms with Crippen molar-refractivity contribution in [3.63, 3.8) is 0 Å². The fourth-order valence-corrected chi connectivity index (χ4v) is 16.6. The highest BCUT2D eigenvalue weighted by Crippen LogP contribution is 2.40. The number of hydrogen-bond donors (Lipinski definition) is 10. The number of carbonyl (C=O) groups is 6. The van der Waals surface area contributed by atoms with Crippen molar-refractivity contribution in [2.45, 2.75) is 154 Å². The number of rotatable bonds is 19. The highest BCUT2D eigenvalue weighted by Gasteiger charge is 2.50. The SMILES string of the molecule is CC(C)(C)OC(=O)N1CC(F)(F)C[C@@H]1CN.Cc1cnc2ccc(-c3nc(C(=O)NC[C@H]4CC(F)(F)CN4)c(N)nc3-c3ncco3)cn12.Cc1cnc2ccc(-c3nc(C(=O)NC[C@H]4CC(F)(F)CN4C(=O)OC(C)(C)C)c(N)nc3-c3ncco3)cn12.Cc1cnc2ccc(-c3nc(C(=O)NC[C@H]4CC(F)(F)CN4C)c(N)nc3-c3ncco3)cn12.Cc1cnc2ccc(-c3nc(C(=O)O)c(N)nc3-c3ncco3)cn12. The monoisotopic (exact) mass is 2050 g/mol. The molecule has 0 saturated carbocycles. The smallest absolute Gasteiger partial charge is 0.410 e. The van der Waals surface area contributed by atoms with E-state index in [4.69, 9.17) is 55.8 Å². The number of hydrogen-bond acceptors (Lipinski definition) is 35. The summed E-state index contributed by atoms with van der Waals surface area (Å²) in [6, 6.07) is 11.7. The van der Waals surface area contributed by atoms with Gasteiger partial charge in [-0.05, 0) is 125 Å². The van der Waals surface area contributed by atoms with Gasteiger partial charge in [0.25, 0.3) is 41.4 Å². The Labute approximate surface area is 834 Å². The molecule has 16 aromatic rings. The number of nitrogen functional groups attached to an aromatic ring is 4. The molecule has 774 valence electrons. The van der Waals surface area contributed by atoms with Crippen LogP contribution >= 0.6 is 0 Å². The van der Waals surface area contributed by atoms with E-state index in [1.807, 2.05) is 69.8 Å². The lowest BCUT2D eigenvalue weighted by atomic mass is 10.1. The minimum Gasteiger partial charge on any atom is -0.476 e. The summed E-state index contributed by atoms with van der Waals surface area (Å²) >= 11 is 0. The molecule has 0 spiro atoms. The van der Waals surface area contributed by atoms with E-state index in [1.54, 1.807) is 122 Å². The minimum absolute atomic E-state index is 0.00651. The zero-order valence-electron chi connectivity index (χ0n) is 81.2. The summed E-state index contributed by atoms with van der Waals surface area (Å²) in [5.74, 6) is -14.7. The number of nitrogens with zero attached hydrogens (tertiary/aromatic N) is 23. The lowest BCUT2D eigenvalue weighted by Gasteiger charge is -2.28. The van der Waals surface area contributed by atoms with Crippen molar-refractivity contribution in [3.8, 4) is 91.4 Å². The van der Waals surface area contributed by atoms with Crippen molar-refractivity contribution in [2.75, 3.05) is 82.3 Å².